The second-order valence-electron chi connectivity index (χ2n) is 7.38. The van der Waals surface area contributed by atoms with Crippen molar-refractivity contribution in [1.82, 2.24) is 0 Å². The Morgan fingerprint density at radius 3 is 2.21 bits per heavy atom. The minimum Gasteiger partial charge on any atom is -0.506 e. The number of ether oxygens (including phenoxy) is 1. The lowest BCUT2D eigenvalue weighted by molar-refractivity contribution is 0.158. The molecular weight excluding hydrogens is 350 g/mol. The van der Waals surface area contributed by atoms with E-state index < -0.39 is 6.09 Å². The van der Waals surface area contributed by atoms with Crippen LogP contribution in [0.5, 0.6) is 5.75 Å². The van der Waals surface area contributed by atoms with Crippen molar-refractivity contribution in [2.75, 3.05) is 11.9 Å². The fourth-order valence-electron chi connectivity index (χ4n) is 3.76. The van der Waals surface area contributed by atoms with Crippen LogP contribution in [0.25, 0.3) is 11.1 Å². The van der Waals surface area contributed by atoms with E-state index in [1.54, 1.807) is 12.1 Å². The first kappa shape index (κ1) is 18.1. The highest BCUT2D eigenvalue weighted by molar-refractivity contribution is 5.87. The predicted molar refractivity (Wildman–Crippen MR) is 111 cm³/mol. The lowest BCUT2D eigenvalue weighted by Gasteiger charge is -2.15. The standard InChI is InChI=1S/C24H23NO3/c1-15(2)16-11-12-23(26)22(13-16)25-24(27)28-14-21-19-9-5-3-7-17(19)18-8-4-6-10-20(18)21/h3-13,15,21,26H,14H2,1-2H3,(H,25,27). The van der Waals surface area contributed by atoms with Crippen LogP contribution in [-0.2, 0) is 4.74 Å². The number of carbonyl (C=O) groups excluding carboxylic acids is 1. The van der Waals surface area contributed by atoms with E-state index in [-0.39, 0.29) is 18.3 Å². The zero-order valence-electron chi connectivity index (χ0n) is 16.0. The minimum absolute atomic E-state index is 0.00810. The number of nitrogens with one attached hydrogen (secondary N) is 1. The molecule has 0 saturated carbocycles. The molecule has 0 saturated heterocycles. The molecule has 4 rings (SSSR count). The molecule has 1 aliphatic rings. The van der Waals surface area contributed by atoms with Crippen LogP contribution in [0.3, 0.4) is 0 Å². The van der Waals surface area contributed by atoms with Gasteiger partial charge >= 0.3 is 6.09 Å². The van der Waals surface area contributed by atoms with E-state index in [1.807, 2.05) is 30.3 Å². The number of fused-ring (bicyclic) bond motifs is 3. The van der Waals surface area contributed by atoms with Crippen LogP contribution in [0.4, 0.5) is 10.5 Å². The molecule has 4 heteroatoms. The summed E-state index contributed by atoms with van der Waals surface area (Å²) in [6.07, 6.45) is -0.571. The maximum absolute atomic E-state index is 12.4. The number of amides is 1. The molecular formula is C24H23NO3. The van der Waals surface area contributed by atoms with Gasteiger partial charge in [0.1, 0.15) is 12.4 Å². The Labute approximate surface area is 164 Å². The van der Waals surface area contributed by atoms with Gasteiger partial charge in [-0.1, -0.05) is 68.4 Å². The number of phenols is 1. The van der Waals surface area contributed by atoms with Gasteiger partial charge in [-0.15, -0.1) is 0 Å². The summed E-state index contributed by atoms with van der Waals surface area (Å²) in [7, 11) is 0. The molecule has 3 aromatic carbocycles. The summed E-state index contributed by atoms with van der Waals surface area (Å²) in [5.41, 5.74) is 6.11. The van der Waals surface area contributed by atoms with Gasteiger partial charge in [0.25, 0.3) is 0 Å². The van der Waals surface area contributed by atoms with Crippen molar-refractivity contribution in [2.45, 2.75) is 25.7 Å². The zero-order chi connectivity index (χ0) is 19.7. The number of rotatable bonds is 4. The fraction of sp³-hybridized carbons (Fsp3) is 0.208. The van der Waals surface area contributed by atoms with E-state index >= 15 is 0 Å². The average molecular weight is 373 g/mol. The van der Waals surface area contributed by atoms with Crippen LogP contribution in [0, 0.1) is 0 Å². The molecule has 0 spiro atoms. The Morgan fingerprint density at radius 1 is 1.00 bits per heavy atom. The van der Waals surface area contributed by atoms with E-state index in [9.17, 15) is 9.90 Å². The Balaban J connectivity index is 1.50. The van der Waals surface area contributed by atoms with Gasteiger partial charge in [0, 0.05) is 5.92 Å². The topological polar surface area (TPSA) is 58.6 Å². The first-order chi connectivity index (χ1) is 13.5. The van der Waals surface area contributed by atoms with Crippen molar-refractivity contribution < 1.29 is 14.6 Å². The number of benzene rings is 3. The highest BCUT2D eigenvalue weighted by atomic mass is 16.5. The van der Waals surface area contributed by atoms with Gasteiger partial charge in [-0.25, -0.2) is 4.79 Å². The van der Waals surface area contributed by atoms with Crippen LogP contribution in [0.1, 0.15) is 42.4 Å². The van der Waals surface area contributed by atoms with Crippen molar-refractivity contribution in [3.63, 3.8) is 0 Å². The number of carbonyl (C=O) groups is 1. The highest BCUT2D eigenvalue weighted by Gasteiger charge is 2.29. The third-order valence-corrected chi connectivity index (χ3v) is 5.27. The van der Waals surface area contributed by atoms with Gasteiger partial charge in [-0.3, -0.25) is 5.32 Å². The summed E-state index contributed by atoms with van der Waals surface area (Å²) in [4.78, 5) is 12.4. The monoisotopic (exact) mass is 373 g/mol. The Kier molecular flexibility index (Phi) is 4.78. The van der Waals surface area contributed by atoms with Crippen LogP contribution in [-0.4, -0.2) is 17.8 Å². The number of anilines is 1. The Morgan fingerprint density at radius 2 is 1.61 bits per heavy atom. The van der Waals surface area contributed by atoms with Gasteiger partial charge in [0.2, 0.25) is 0 Å². The van der Waals surface area contributed by atoms with Crippen LogP contribution in [0.2, 0.25) is 0 Å². The maximum atomic E-state index is 12.4. The minimum atomic E-state index is -0.571. The molecule has 0 aliphatic heterocycles. The highest BCUT2D eigenvalue weighted by Crippen LogP contribution is 2.44. The zero-order valence-corrected chi connectivity index (χ0v) is 16.0. The van der Waals surface area contributed by atoms with E-state index in [0.717, 1.165) is 5.56 Å². The van der Waals surface area contributed by atoms with Crippen molar-refractivity contribution in [2.24, 2.45) is 0 Å². The molecule has 28 heavy (non-hydrogen) atoms. The molecule has 3 aromatic rings. The molecule has 0 aromatic heterocycles. The van der Waals surface area contributed by atoms with Gasteiger partial charge in [-0.2, -0.15) is 0 Å². The second kappa shape index (κ2) is 7.39. The van der Waals surface area contributed by atoms with Crippen LogP contribution >= 0.6 is 0 Å². The Hall–Kier alpha value is -3.27. The van der Waals surface area contributed by atoms with Gasteiger partial charge < -0.3 is 9.84 Å². The van der Waals surface area contributed by atoms with Crippen molar-refractivity contribution in [1.29, 1.82) is 0 Å². The van der Waals surface area contributed by atoms with Crippen molar-refractivity contribution in [3.8, 4) is 16.9 Å². The number of hydrogen-bond acceptors (Lipinski definition) is 3. The third kappa shape index (κ3) is 3.33. The summed E-state index contributed by atoms with van der Waals surface area (Å²) >= 11 is 0. The normalized spacial score (nSPS) is 12.5. The molecule has 0 bridgehead atoms. The SMILES string of the molecule is CC(C)c1ccc(O)c(NC(=O)OCC2c3ccccc3-c3ccccc32)c1. The fourth-order valence-corrected chi connectivity index (χ4v) is 3.76. The summed E-state index contributed by atoms with van der Waals surface area (Å²) in [5, 5.41) is 12.7. The molecule has 0 fully saturated rings. The van der Waals surface area contributed by atoms with Crippen LogP contribution in [0.15, 0.2) is 66.7 Å². The van der Waals surface area contributed by atoms with Crippen molar-refractivity contribution in [3.05, 3.63) is 83.4 Å². The number of hydrogen-bond donors (Lipinski definition) is 2. The first-order valence-electron chi connectivity index (χ1n) is 9.49. The summed E-state index contributed by atoms with van der Waals surface area (Å²) in [6.45, 7) is 4.36. The second-order valence-corrected chi connectivity index (χ2v) is 7.38. The molecule has 0 atom stereocenters. The molecule has 1 aliphatic carbocycles. The smallest absolute Gasteiger partial charge is 0.411 e. The molecule has 4 nitrogen and oxygen atoms in total. The first-order valence-corrected chi connectivity index (χ1v) is 9.49. The third-order valence-electron chi connectivity index (χ3n) is 5.27. The predicted octanol–water partition coefficient (Wildman–Crippen LogP) is 5.88. The van der Waals surface area contributed by atoms with Crippen LogP contribution < -0.4 is 5.32 Å². The lowest BCUT2D eigenvalue weighted by atomic mass is 9.98. The summed E-state index contributed by atoms with van der Waals surface area (Å²) < 4.78 is 5.54. The number of aromatic hydroxyl groups is 1. The lowest BCUT2D eigenvalue weighted by Crippen LogP contribution is -2.18. The van der Waals surface area contributed by atoms with Gasteiger partial charge in [-0.05, 0) is 45.9 Å². The maximum Gasteiger partial charge on any atom is 0.411 e. The molecule has 1 amide bonds. The summed E-state index contributed by atoms with van der Waals surface area (Å²) in [6, 6.07) is 21.6. The van der Waals surface area contributed by atoms with E-state index in [1.165, 1.54) is 22.3 Å². The van der Waals surface area contributed by atoms with Gasteiger partial charge in [0.15, 0.2) is 0 Å². The molecule has 142 valence electrons. The molecule has 0 unspecified atom stereocenters. The number of phenolic OH excluding ortho intramolecular Hbond substituents is 1. The summed E-state index contributed by atoms with van der Waals surface area (Å²) in [5.74, 6) is 0.329. The van der Waals surface area contributed by atoms with E-state index in [0.29, 0.717) is 11.6 Å². The van der Waals surface area contributed by atoms with Gasteiger partial charge in [0.05, 0.1) is 5.69 Å². The molecule has 0 heterocycles. The van der Waals surface area contributed by atoms with E-state index in [2.05, 4.69) is 43.4 Å². The average Bonchev–Trinajstić information content (AvgIpc) is 3.02. The Bertz CT molecular complexity index is 980. The van der Waals surface area contributed by atoms with E-state index in [4.69, 9.17) is 4.74 Å². The molecule has 2 N–H and O–H groups in total. The van der Waals surface area contributed by atoms with Crippen molar-refractivity contribution >= 4 is 11.8 Å². The quantitative estimate of drug-likeness (QED) is 0.562. The molecule has 0 radical (unpaired) electrons. The largest absolute Gasteiger partial charge is 0.506 e.